The van der Waals surface area contributed by atoms with E-state index in [1.807, 2.05) is 36.4 Å². The Bertz CT molecular complexity index is 1080. The first-order valence-corrected chi connectivity index (χ1v) is 10.5. The summed E-state index contributed by atoms with van der Waals surface area (Å²) >= 11 is 5.16. The van der Waals surface area contributed by atoms with Crippen LogP contribution in [0.25, 0.3) is 11.1 Å². The molecule has 0 aliphatic carbocycles. The van der Waals surface area contributed by atoms with Crippen LogP contribution in [0.5, 0.6) is 0 Å². The molecule has 0 saturated carbocycles. The van der Waals surface area contributed by atoms with E-state index in [1.165, 1.54) is 16.7 Å². The van der Waals surface area contributed by atoms with Crippen molar-refractivity contribution in [2.45, 2.75) is 16.9 Å². The molecule has 2 nitrogen and oxygen atoms in total. The molecule has 3 aromatic carbocycles. The summed E-state index contributed by atoms with van der Waals surface area (Å²) in [5, 5.41) is 0.824. The highest BCUT2D eigenvalue weighted by molar-refractivity contribution is 9.10. The van der Waals surface area contributed by atoms with E-state index in [9.17, 15) is 0 Å². The molecule has 0 radical (unpaired) electrons. The van der Waals surface area contributed by atoms with Gasteiger partial charge >= 0.3 is 0 Å². The average molecular weight is 448 g/mol. The van der Waals surface area contributed by atoms with E-state index in [0.29, 0.717) is 5.76 Å². The third-order valence-corrected chi connectivity index (χ3v) is 6.07. The van der Waals surface area contributed by atoms with Gasteiger partial charge in [0.05, 0.1) is 16.4 Å². The summed E-state index contributed by atoms with van der Waals surface area (Å²) in [7, 11) is 0. The molecular weight excluding hydrogens is 430 g/mol. The molecule has 0 unspecified atom stereocenters. The Morgan fingerprint density at radius 3 is 2.25 bits per heavy atom. The first kappa shape index (κ1) is 18.8. The Labute approximate surface area is 177 Å². The molecule has 28 heavy (non-hydrogen) atoms. The standard InChI is InChI=1S/C24H18BrNOS/c1-17-7-13-22(14-8-17)28-24-23(25)15-21(27-24)16-26-20-11-9-19(10-12-20)18-5-3-2-4-6-18/h2-16H,1H3. The molecule has 0 amide bonds. The molecule has 4 aromatic rings. The number of aryl methyl sites for hydroxylation is 1. The lowest BCUT2D eigenvalue weighted by Gasteiger charge is -2.01. The minimum absolute atomic E-state index is 0.716. The van der Waals surface area contributed by atoms with Crippen molar-refractivity contribution in [2.75, 3.05) is 0 Å². The molecule has 138 valence electrons. The molecule has 4 heteroatoms. The summed E-state index contributed by atoms with van der Waals surface area (Å²) in [6.45, 7) is 2.08. The lowest BCUT2D eigenvalue weighted by atomic mass is 10.1. The quantitative estimate of drug-likeness (QED) is 0.290. The van der Waals surface area contributed by atoms with Crippen molar-refractivity contribution >= 4 is 39.6 Å². The molecule has 0 bridgehead atoms. The van der Waals surface area contributed by atoms with E-state index in [0.717, 1.165) is 20.1 Å². The van der Waals surface area contributed by atoms with Crippen LogP contribution in [0.4, 0.5) is 5.69 Å². The average Bonchev–Trinajstić information content (AvgIpc) is 3.08. The lowest BCUT2D eigenvalue weighted by molar-refractivity contribution is 0.466. The molecule has 0 saturated heterocycles. The fourth-order valence-electron chi connectivity index (χ4n) is 2.72. The third kappa shape index (κ3) is 4.64. The largest absolute Gasteiger partial charge is 0.447 e. The van der Waals surface area contributed by atoms with E-state index in [1.54, 1.807) is 18.0 Å². The van der Waals surface area contributed by atoms with Crippen molar-refractivity contribution in [3.05, 3.63) is 101 Å². The molecule has 0 aliphatic rings. The number of rotatable bonds is 5. The Morgan fingerprint density at radius 1 is 0.857 bits per heavy atom. The maximum Gasteiger partial charge on any atom is 0.179 e. The van der Waals surface area contributed by atoms with Crippen molar-refractivity contribution in [1.29, 1.82) is 0 Å². The Hall–Kier alpha value is -2.56. The van der Waals surface area contributed by atoms with Gasteiger partial charge in [-0.15, -0.1) is 0 Å². The Kier molecular flexibility index (Phi) is 5.79. The maximum atomic E-state index is 5.93. The highest BCUT2D eigenvalue weighted by atomic mass is 79.9. The van der Waals surface area contributed by atoms with Crippen LogP contribution in [0.2, 0.25) is 0 Å². The lowest BCUT2D eigenvalue weighted by Crippen LogP contribution is -1.77. The van der Waals surface area contributed by atoms with E-state index < -0.39 is 0 Å². The maximum absolute atomic E-state index is 5.93. The van der Waals surface area contributed by atoms with E-state index >= 15 is 0 Å². The summed E-state index contributed by atoms with van der Waals surface area (Å²) in [6, 6.07) is 28.8. The number of hydrogen-bond donors (Lipinski definition) is 0. The van der Waals surface area contributed by atoms with Gasteiger partial charge in [0.15, 0.2) is 5.09 Å². The predicted octanol–water partition coefficient (Wildman–Crippen LogP) is 7.92. The Balaban J connectivity index is 1.47. The topological polar surface area (TPSA) is 25.5 Å². The summed E-state index contributed by atoms with van der Waals surface area (Å²) < 4.78 is 6.86. The van der Waals surface area contributed by atoms with Gasteiger partial charge in [-0.25, -0.2) is 0 Å². The van der Waals surface area contributed by atoms with Gasteiger partial charge in [-0.05, 0) is 58.2 Å². The number of hydrogen-bond acceptors (Lipinski definition) is 3. The van der Waals surface area contributed by atoms with Crippen LogP contribution in [0.3, 0.4) is 0 Å². The third-order valence-electron chi connectivity index (χ3n) is 4.22. The molecular formula is C24H18BrNOS. The van der Waals surface area contributed by atoms with Crippen LogP contribution >= 0.6 is 27.7 Å². The number of nitrogens with zero attached hydrogens (tertiary/aromatic N) is 1. The summed E-state index contributed by atoms with van der Waals surface area (Å²) in [5.74, 6) is 0.716. The highest BCUT2D eigenvalue weighted by Gasteiger charge is 2.09. The second kappa shape index (κ2) is 8.63. The first-order valence-electron chi connectivity index (χ1n) is 8.91. The second-order valence-corrected chi connectivity index (χ2v) is 8.27. The molecule has 1 heterocycles. The number of aliphatic imine (C=N–C) groups is 1. The zero-order chi connectivity index (χ0) is 19.3. The van der Waals surface area contributed by atoms with Crippen LogP contribution < -0.4 is 0 Å². The van der Waals surface area contributed by atoms with Crippen LogP contribution in [-0.2, 0) is 0 Å². The van der Waals surface area contributed by atoms with Crippen molar-refractivity contribution in [1.82, 2.24) is 0 Å². The van der Waals surface area contributed by atoms with E-state index in [-0.39, 0.29) is 0 Å². The van der Waals surface area contributed by atoms with Crippen molar-refractivity contribution in [2.24, 2.45) is 4.99 Å². The van der Waals surface area contributed by atoms with Gasteiger partial charge in [0.1, 0.15) is 5.76 Å². The zero-order valence-electron chi connectivity index (χ0n) is 15.3. The first-order chi connectivity index (χ1) is 13.7. The van der Waals surface area contributed by atoms with Gasteiger partial charge in [0.25, 0.3) is 0 Å². The highest BCUT2D eigenvalue weighted by Crippen LogP contribution is 2.35. The van der Waals surface area contributed by atoms with E-state index in [4.69, 9.17) is 4.42 Å². The predicted molar refractivity (Wildman–Crippen MR) is 121 cm³/mol. The minimum atomic E-state index is 0.716. The monoisotopic (exact) mass is 447 g/mol. The normalized spacial score (nSPS) is 11.2. The number of halogens is 1. The molecule has 0 atom stereocenters. The summed E-state index contributed by atoms with van der Waals surface area (Å²) in [4.78, 5) is 5.67. The molecule has 0 fully saturated rings. The van der Waals surface area contributed by atoms with Gasteiger partial charge in [0.2, 0.25) is 0 Å². The van der Waals surface area contributed by atoms with E-state index in [2.05, 4.69) is 76.4 Å². The molecule has 4 rings (SSSR count). The number of benzene rings is 3. The van der Waals surface area contributed by atoms with Gasteiger partial charge in [0, 0.05) is 11.0 Å². The SMILES string of the molecule is Cc1ccc(Sc2oc(C=Nc3ccc(-c4ccccc4)cc3)cc2Br)cc1. The zero-order valence-corrected chi connectivity index (χ0v) is 17.7. The van der Waals surface area contributed by atoms with Gasteiger partial charge in [-0.1, -0.05) is 71.9 Å². The van der Waals surface area contributed by atoms with Crippen molar-refractivity contribution in [3.63, 3.8) is 0 Å². The van der Waals surface area contributed by atoms with Crippen LogP contribution in [0.1, 0.15) is 11.3 Å². The summed E-state index contributed by atoms with van der Waals surface area (Å²) in [6.07, 6.45) is 1.75. The fourth-order valence-corrected chi connectivity index (χ4v) is 4.05. The van der Waals surface area contributed by atoms with Crippen LogP contribution in [-0.4, -0.2) is 6.21 Å². The minimum Gasteiger partial charge on any atom is -0.447 e. The van der Waals surface area contributed by atoms with Crippen molar-refractivity contribution < 1.29 is 4.42 Å². The van der Waals surface area contributed by atoms with Crippen LogP contribution in [0, 0.1) is 6.92 Å². The van der Waals surface area contributed by atoms with Crippen molar-refractivity contribution in [3.8, 4) is 11.1 Å². The molecule has 1 aromatic heterocycles. The molecule has 0 N–H and O–H groups in total. The molecule has 0 spiro atoms. The molecule has 0 aliphatic heterocycles. The fraction of sp³-hybridized carbons (Fsp3) is 0.0417. The van der Waals surface area contributed by atoms with Gasteiger partial charge < -0.3 is 4.42 Å². The summed E-state index contributed by atoms with van der Waals surface area (Å²) in [5.41, 5.74) is 4.51. The number of furan rings is 1. The van der Waals surface area contributed by atoms with Gasteiger partial charge in [-0.2, -0.15) is 0 Å². The van der Waals surface area contributed by atoms with Gasteiger partial charge in [-0.3, -0.25) is 4.99 Å². The second-order valence-electron chi connectivity index (χ2n) is 6.37. The Morgan fingerprint density at radius 2 is 1.54 bits per heavy atom. The van der Waals surface area contributed by atoms with Crippen LogP contribution in [0.15, 0.2) is 109 Å². The smallest absolute Gasteiger partial charge is 0.179 e.